The van der Waals surface area contributed by atoms with Crippen molar-refractivity contribution in [2.75, 3.05) is 13.1 Å². The van der Waals surface area contributed by atoms with E-state index in [0.29, 0.717) is 5.56 Å². The van der Waals surface area contributed by atoms with Gasteiger partial charge in [-0.2, -0.15) is 5.10 Å². The molecule has 1 N–H and O–H groups in total. The quantitative estimate of drug-likeness (QED) is 0.674. The fourth-order valence-electron chi connectivity index (χ4n) is 3.89. The van der Waals surface area contributed by atoms with Gasteiger partial charge >= 0.3 is 0 Å². The fraction of sp³-hybridized carbons (Fsp3) is 0.409. The van der Waals surface area contributed by atoms with Gasteiger partial charge in [0.1, 0.15) is 5.82 Å². The van der Waals surface area contributed by atoms with E-state index in [1.54, 1.807) is 18.2 Å². The van der Waals surface area contributed by atoms with Crippen LogP contribution in [0.1, 0.15) is 51.8 Å². The molecule has 0 spiro atoms. The van der Waals surface area contributed by atoms with Crippen molar-refractivity contribution < 1.29 is 13.7 Å². The van der Waals surface area contributed by atoms with E-state index in [-0.39, 0.29) is 29.9 Å². The zero-order valence-corrected chi connectivity index (χ0v) is 17.3. The molecule has 0 bridgehead atoms. The van der Waals surface area contributed by atoms with Gasteiger partial charge in [0.25, 0.3) is 5.91 Å². The number of hydrogen-bond donors (Lipinski definition) is 1. The number of piperidine rings is 1. The minimum Gasteiger partial charge on any atom is -0.351 e. The summed E-state index contributed by atoms with van der Waals surface area (Å²) in [4.78, 5) is 14.8. The standard InChI is InChI=1S/C22H26FN5O2/c1-15-18(12-25-27(15)2)14-28-8-4-6-17(13-28)20-10-21(30-26-20)22(29)24-11-16-5-3-7-19(23)9-16/h3,5,7,9-10,12,17H,4,6,8,11,13-14H2,1-2H3,(H,24,29)/t17-/m0/s1. The Balaban J connectivity index is 1.35. The molecule has 1 amide bonds. The highest BCUT2D eigenvalue weighted by Crippen LogP contribution is 2.28. The first-order valence-electron chi connectivity index (χ1n) is 10.2. The largest absolute Gasteiger partial charge is 0.351 e. The maximum absolute atomic E-state index is 13.3. The lowest BCUT2D eigenvalue weighted by Crippen LogP contribution is -2.34. The number of hydrogen-bond acceptors (Lipinski definition) is 5. The number of benzene rings is 1. The third-order valence-electron chi connectivity index (χ3n) is 5.75. The Hall–Kier alpha value is -3.00. The Kier molecular flexibility index (Phi) is 5.94. The van der Waals surface area contributed by atoms with Crippen LogP contribution in [-0.2, 0) is 20.1 Å². The Morgan fingerprint density at radius 2 is 2.23 bits per heavy atom. The van der Waals surface area contributed by atoms with Crippen LogP contribution in [0.2, 0.25) is 0 Å². The van der Waals surface area contributed by atoms with E-state index in [1.165, 1.54) is 23.4 Å². The van der Waals surface area contributed by atoms with E-state index in [2.05, 4.69) is 27.4 Å². The molecule has 4 rings (SSSR count). The molecule has 0 radical (unpaired) electrons. The molecule has 1 fully saturated rings. The van der Waals surface area contributed by atoms with Gasteiger partial charge in [-0.15, -0.1) is 0 Å². The third kappa shape index (κ3) is 4.59. The van der Waals surface area contributed by atoms with E-state index < -0.39 is 0 Å². The summed E-state index contributed by atoms with van der Waals surface area (Å²) in [5.41, 5.74) is 3.90. The number of carbonyl (C=O) groups excluding carboxylic acids is 1. The van der Waals surface area contributed by atoms with Crippen molar-refractivity contribution in [3.8, 4) is 0 Å². The molecular formula is C22H26FN5O2. The number of nitrogens with zero attached hydrogens (tertiary/aromatic N) is 4. The van der Waals surface area contributed by atoms with Gasteiger partial charge < -0.3 is 9.84 Å². The zero-order chi connectivity index (χ0) is 21.1. The zero-order valence-electron chi connectivity index (χ0n) is 17.3. The lowest BCUT2D eigenvalue weighted by molar-refractivity contribution is 0.0913. The third-order valence-corrected chi connectivity index (χ3v) is 5.75. The second-order valence-electron chi connectivity index (χ2n) is 7.88. The molecule has 3 aromatic rings. The van der Waals surface area contributed by atoms with Crippen LogP contribution in [-0.4, -0.2) is 38.8 Å². The van der Waals surface area contributed by atoms with Gasteiger partial charge in [0.15, 0.2) is 0 Å². The maximum atomic E-state index is 13.3. The van der Waals surface area contributed by atoms with Gasteiger partial charge in [0, 0.05) is 49.9 Å². The summed E-state index contributed by atoms with van der Waals surface area (Å²) in [6.45, 7) is 5.06. The van der Waals surface area contributed by atoms with Crippen LogP contribution in [0.3, 0.4) is 0 Å². The minimum absolute atomic E-state index is 0.182. The van der Waals surface area contributed by atoms with Crippen LogP contribution in [0.25, 0.3) is 0 Å². The van der Waals surface area contributed by atoms with Crippen molar-refractivity contribution in [2.45, 2.75) is 38.8 Å². The van der Waals surface area contributed by atoms with Crippen LogP contribution in [0, 0.1) is 12.7 Å². The molecule has 1 atom stereocenters. The number of amides is 1. The van der Waals surface area contributed by atoms with Crippen LogP contribution >= 0.6 is 0 Å². The highest BCUT2D eigenvalue weighted by atomic mass is 19.1. The Morgan fingerprint density at radius 1 is 1.37 bits per heavy atom. The van der Waals surface area contributed by atoms with Crippen LogP contribution in [0.4, 0.5) is 4.39 Å². The molecule has 1 aliphatic rings. The smallest absolute Gasteiger partial charge is 0.290 e. The molecule has 2 aromatic heterocycles. The minimum atomic E-state index is -0.350. The second-order valence-corrected chi connectivity index (χ2v) is 7.88. The van der Waals surface area contributed by atoms with Gasteiger partial charge in [-0.25, -0.2) is 4.39 Å². The van der Waals surface area contributed by atoms with Crippen molar-refractivity contribution >= 4 is 5.91 Å². The molecule has 158 valence electrons. The van der Waals surface area contributed by atoms with E-state index in [1.807, 2.05) is 17.9 Å². The van der Waals surface area contributed by atoms with E-state index in [9.17, 15) is 9.18 Å². The average Bonchev–Trinajstić information content (AvgIpc) is 3.36. The Morgan fingerprint density at radius 3 is 3.00 bits per heavy atom. The van der Waals surface area contributed by atoms with Crippen molar-refractivity contribution in [3.05, 3.63) is 70.6 Å². The van der Waals surface area contributed by atoms with Gasteiger partial charge in [0.05, 0.1) is 11.9 Å². The van der Waals surface area contributed by atoms with Crippen LogP contribution in [0.15, 0.2) is 41.1 Å². The molecule has 0 aliphatic carbocycles. The van der Waals surface area contributed by atoms with Crippen molar-refractivity contribution in [1.82, 2.24) is 25.2 Å². The lowest BCUT2D eigenvalue weighted by Gasteiger charge is -2.31. The van der Waals surface area contributed by atoms with Crippen molar-refractivity contribution in [1.29, 1.82) is 0 Å². The average molecular weight is 411 g/mol. The number of halogens is 1. The molecule has 1 aliphatic heterocycles. The normalized spacial score (nSPS) is 17.2. The van der Waals surface area contributed by atoms with Gasteiger partial charge in [0.2, 0.25) is 5.76 Å². The topological polar surface area (TPSA) is 76.2 Å². The van der Waals surface area contributed by atoms with Crippen molar-refractivity contribution in [3.63, 3.8) is 0 Å². The molecule has 7 nitrogen and oxygen atoms in total. The highest BCUT2D eigenvalue weighted by molar-refractivity contribution is 5.91. The number of carbonyl (C=O) groups is 1. The SMILES string of the molecule is Cc1c(CN2CCC[C@H](c3cc(C(=O)NCc4cccc(F)c4)on3)C2)cnn1C. The molecule has 30 heavy (non-hydrogen) atoms. The molecule has 8 heteroatoms. The predicted octanol–water partition coefficient (Wildman–Crippen LogP) is 3.17. The second kappa shape index (κ2) is 8.79. The summed E-state index contributed by atoms with van der Waals surface area (Å²) in [5.74, 6) is -0.269. The van der Waals surface area contributed by atoms with Gasteiger partial charge in [-0.3, -0.25) is 14.4 Å². The summed E-state index contributed by atoms with van der Waals surface area (Å²) in [5, 5.41) is 11.2. The maximum Gasteiger partial charge on any atom is 0.290 e. The lowest BCUT2D eigenvalue weighted by atomic mass is 9.94. The summed E-state index contributed by atoms with van der Waals surface area (Å²) in [6, 6.07) is 7.87. The van der Waals surface area contributed by atoms with Gasteiger partial charge in [-0.1, -0.05) is 17.3 Å². The number of rotatable bonds is 6. The highest BCUT2D eigenvalue weighted by Gasteiger charge is 2.26. The molecular weight excluding hydrogens is 385 g/mol. The molecule has 1 aromatic carbocycles. The number of aryl methyl sites for hydroxylation is 1. The molecule has 1 saturated heterocycles. The first kappa shape index (κ1) is 20.3. The fourth-order valence-corrected chi connectivity index (χ4v) is 3.89. The summed E-state index contributed by atoms with van der Waals surface area (Å²) < 4.78 is 20.5. The molecule has 3 heterocycles. The first-order valence-corrected chi connectivity index (χ1v) is 10.2. The Labute approximate surface area is 174 Å². The first-order chi connectivity index (χ1) is 14.5. The van der Waals surface area contributed by atoms with E-state index in [0.717, 1.165) is 38.2 Å². The number of nitrogens with one attached hydrogen (secondary N) is 1. The molecule has 0 unspecified atom stereocenters. The summed E-state index contributed by atoms with van der Waals surface area (Å²) in [7, 11) is 1.95. The summed E-state index contributed by atoms with van der Waals surface area (Å²) >= 11 is 0. The van der Waals surface area contributed by atoms with Crippen molar-refractivity contribution in [2.24, 2.45) is 7.05 Å². The number of aromatic nitrogens is 3. The monoisotopic (exact) mass is 411 g/mol. The Bertz CT molecular complexity index is 1030. The van der Waals surface area contributed by atoms with Crippen LogP contribution in [0.5, 0.6) is 0 Å². The van der Waals surface area contributed by atoms with Gasteiger partial charge in [-0.05, 0) is 44.0 Å². The van der Waals surface area contributed by atoms with Crippen LogP contribution < -0.4 is 5.32 Å². The predicted molar refractivity (Wildman–Crippen MR) is 109 cm³/mol. The summed E-state index contributed by atoms with van der Waals surface area (Å²) in [6.07, 6.45) is 4.01. The number of likely N-dealkylation sites (tertiary alicyclic amines) is 1. The molecule has 0 saturated carbocycles. The van der Waals surface area contributed by atoms with E-state index >= 15 is 0 Å². The van der Waals surface area contributed by atoms with E-state index in [4.69, 9.17) is 4.52 Å².